The number of nitrogens with zero attached hydrogens (tertiary/aromatic N) is 1. The van der Waals surface area contributed by atoms with E-state index >= 15 is 0 Å². The fourth-order valence-corrected chi connectivity index (χ4v) is 4.62. The molecule has 0 saturated carbocycles. The molecule has 1 saturated heterocycles. The predicted octanol–water partition coefficient (Wildman–Crippen LogP) is 2.47. The van der Waals surface area contributed by atoms with E-state index in [1.807, 2.05) is 0 Å². The fourth-order valence-electron chi connectivity index (χ4n) is 2.95. The highest BCUT2D eigenvalue weighted by Gasteiger charge is 2.35. The van der Waals surface area contributed by atoms with Crippen LogP contribution in [0.4, 0.5) is 13.2 Å². The molecule has 0 amide bonds. The number of halogens is 3. The minimum Gasteiger partial charge on any atom is -0.319 e. The summed E-state index contributed by atoms with van der Waals surface area (Å²) in [4.78, 5) is 0. The van der Waals surface area contributed by atoms with Crippen LogP contribution in [0.15, 0.2) is 24.3 Å². The lowest BCUT2D eigenvalue weighted by Gasteiger charge is -2.32. The molecule has 1 aromatic carbocycles. The summed E-state index contributed by atoms with van der Waals surface area (Å²) in [5.74, 6) is -0.420. The Kier molecular flexibility index (Phi) is 5.70. The molecule has 1 fully saturated rings. The maximum Gasteiger partial charge on any atom is 0.416 e. The van der Waals surface area contributed by atoms with Gasteiger partial charge in [0.1, 0.15) is 0 Å². The lowest BCUT2D eigenvalue weighted by Crippen LogP contribution is -2.43. The number of rotatable bonds is 5. The smallest absolute Gasteiger partial charge is 0.319 e. The molecule has 0 aliphatic carbocycles. The van der Waals surface area contributed by atoms with Crippen molar-refractivity contribution in [3.05, 3.63) is 35.4 Å². The second kappa shape index (κ2) is 7.19. The second-order valence-electron chi connectivity index (χ2n) is 5.84. The molecule has 4 nitrogen and oxygen atoms in total. The standard InChI is InChI=1S/C15H21F3N2O2S/c1-19-9-12-5-4-8-20(10-12)23(21,22)11-13-6-2-3-7-14(13)15(16,17)18/h2-3,6-7,12,19H,4-5,8-11H2,1H3. The number of hydrogen-bond acceptors (Lipinski definition) is 3. The lowest BCUT2D eigenvalue weighted by molar-refractivity contribution is -0.138. The van der Waals surface area contributed by atoms with E-state index in [0.717, 1.165) is 18.9 Å². The Balaban J connectivity index is 2.19. The van der Waals surface area contributed by atoms with Crippen LogP contribution in [-0.4, -0.2) is 39.4 Å². The number of alkyl halides is 3. The van der Waals surface area contributed by atoms with Crippen LogP contribution in [0.2, 0.25) is 0 Å². The van der Waals surface area contributed by atoms with Gasteiger partial charge in [0.05, 0.1) is 11.3 Å². The van der Waals surface area contributed by atoms with E-state index in [1.54, 1.807) is 7.05 Å². The summed E-state index contributed by atoms with van der Waals surface area (Å²) < 4.78 is 65.4. The summed E-state index contributed by atoms with van der Waals surface area (Å²) in [5.41, 5.74) is -1.08. The molecule has 130 valence electrons. The molecule has 1 N–H and O–H groups in total. The van der Waals surface area contributed by atoms with Crippen molar-refractivity contribution < 1.29 is 21.6 Å². The first-order valence-electron chi connectivity index (χ1n) is 7.51. The molecule has 1 aliphatic rings. The van der Waals surface area contributed by atoms with Crippen molar-refractivity contribution in [1.29, 1.82) is 0 Å². The van der Waals surface area contributed by atoms with Gasteiger partial charge in [-0.25, -0.2) is 12.7 Å². The zero-order valence-corrected chi connectivity index (χ0v) is 13.8. The van der Waals surface area contributed by atoms with Gasteiger partial charge in [-0.1, -0.05) is 18.2 Å². The van der Waals surface area contributed by atoms with Gasteiger partial charge in [0.15, 0.2) is 0 Å². The van der Waals surface area contributed by atoms with E-state index in [9.17, 15) is 21.6 Å². The summed E-state index contributed by atoms with van der Waals surface area (Å²) in [5, 5.41) is 3.02. The highest BCUT2D eigenvalue weighted by atomic mass is 32.2. The first-order chi connectivity index (χ1) is 10.7. The Morgan fingerprint density at radius 1 is 1.30 bits per heavy atom. The first kappa shape index (κ1) is 18.2. The van der Waals surface area contributed by atoms with E-state index in [1.165, 1.54) is 22.5 Å². The van der Waals surface area contributed by atoms with Gasteiger partial charge in [-0.3, -0.25) is 0 Å². The molecule has 0 bridgehead atoms. The first-order valence-corrected chi connectivity index (χ1v) is 9.12. The van der Waals surface area contributed by atoms with Crippen LogP contribution in [0.3, 0.4) is 0 Å². The SMILES string of the molecule is CNCC1CCCN(S(=O)(=O)Cc2ccccc2C(F)(F)F)C1. The monoisotopic (exact) mass is 350 g/mol. The summed E-state index contributed by atoms with van der Waals surface area (Å²) in [7, 11) is -1.97. The van der Waals surface area contributed by atoms with Crippen LogP contribution in [0.1, 0.15) is 24.0 Å². The fraction of sp³-hybridized carbons (Fsp3) is 0.600. The van der Waals surface area contributed by atoms with Gasteiger partial charge in [-0.05, 0) is 44.0 Å². The normalized spacial score (nSPS) is 20.6. The average molecular weight is 350 g/mol. The summed E-state index contributed by atoms with van der Waals surface area (Å²) >= 11 is 0. The minimum absolute atomic E-state index is 0.196. The predicted molar refractivity (Wildman–Crippen MR) is 82.3 cm³/mol. The Labute approximate surface area is 134 Å². The van der Waals surface area contributed by atoms with E-state index in [0.29, 0.717) is 19.6 Å². The van der Waals surface area contributed by atoms with Crippen LogP contribution in [0.25, 0.3) is 0 Å². The third-order valence-electron chi connectivity index (χ3n) is 4.03. The van der Waals surface area contributed by atoms with Crippen LogP contribution in [-0.2, 0) is 22.0 Å². The van der Waals surface area contributed by atoms with Crippen molar-refractivity contribution in [3.63, 3.8) is 0 Å². The molecule has 0 radical (unpaired) electrons. The van der Waals surface area contributed by atoms with E-state index in [2.05, 4.69) is 5.32 Å². The number of sulfonamides is 1. The van der Waals surface area contributed by atoms with Crippen molar-refractivity contribution >= 4 is 10.0 Å². The Morgan fingerprint density at radius 2 is 2.00 bits per heavy atom. The zero-order chi connectivity index (χ0) is 17.1. The average Bonchev–Trinajstić information content (AvgIpc) is 2.47. The van der Waals surface area contributed by atoms with Crippen LogP contribution in [0.5, 0.6) is 0 Å². The van der Waals surface area contributed by atoms with Crippen molar-refractivity contribution in [3.8, 4) is 0 Å². The Bertz CT molecular complexity index is 630. The zero-order valence-electron chi connectivity index (χ0n) is 12.9. The lowest BCUT2D eigenvalue weighted by atomic mass is 10.00. The van der Waals surface area contributed by atoms with Crippen LogP contribution < -0.4 is 5.32 Å². The van der Waals surface area contributed by atoms with Crippen LogP contribution >= 0.6 is 0 Å². The third-order valence-corrected chi connectivity index (χ3v) is 5.82. The van der Waals surface area contributed by atoms with E-state index in [4.69, 9.17) is 0 Å². The minimum atomic E-state index is -4.55. The van der Waals surface area contributed by atoms with Crippen LogP contribution in [0, 0.1) is 5.92 Å². The number of piperidine rings is 1. The van der Waals surface area contributed by atoms with Crippen molar-refractivity contribution in [2.75, 3.05) is 26.7 Å². The molecule has 1 aromatic rings. The van der Waals surface area contributed by atoms with E-state index < -0.39 is 27.5 Å². The number of benzene rings is 1. The largest absolute Gasteiger partial charge is 0.416 e. The van der Waals surface area contributed by atoms with Gasteiger partial charge < -0.3 is 5.32 Å². The van der Waals surface area contributed by atoms with Crippen molar-refractivity contribution in [2.45, 2.75) is 24.8 Å². The van der Waals surface area contributed by atoms with Gasteiger partial charge >= 0.3 is 6.18 Å². The maximum absolute atomic E-state index is 13.0. The summed E-state index contributed by atoms with van der Waals surface area (Å²) in [6.07, 6.45) is -2.90. The highest BCUT2D eigenvalue weighted by molar-refractivity contribution is 7.88. The van der Waals surface area contributed by atoms with Gasteiger partial charge in [0.25, 0.3) is 0 Å². The molecule has 1 aliphatic heterocycles. The summed E-state index contributed by atoms with van der Waals surface area (Å²) in [6, 6.07) is 4.85. The van der Waals surface area contributed by atoms with Crippen molar-refractivity contribution in [2.24, 2.45) is 5.92 Å². The Hall–Kier alpha value is -1.12. The molecule has 1 atom stereocenters. The molecule has 0 spiro atoms. The molecule has 0 aromatic heterocycles. The van der Waals surface area contributed by atoms with E-state index in [-0.39, 0.29) is 11.5 Å². The Morgan fingerprint density at radius 3 is 2.65 bits per heavy atom. The quantitative estimate of drug-likeness (QED) is 0.888. The molecule has 2 rings (SSSR count). The molecular weight excluding hydrogens is 329 g/mol. The van der Waals surface area contributed by atoms with Gasteiger partial charge in [-0.15, -0.1) is 0 Å². The number of hydrogen-bond donors (Lipinski definition) is 1. The second-order valence-corrected chi connectivity index (χ2v) is 7.80. The highest BCUT2D eigenvalue weighted by Crippen LogP contribution is 2.33. The maximum atomic E-state index is 13.0. The molecule has 1 unspecified atom stereocenters. The number of nitrogens with one attached hydrogen (secondary N) is 1. The molecule has 8 heteroatoms. The topological polar surface area (TPSA) is 49.4 Å². The van der Waals surface area contributed by atoms with Crippen molar-refractivity contribution in [1.82, 2.24) is 9.62 Å². The van der Waals surface area contributed by atoms with Gasteiger partial charge in [-0.2, -0.15) is 13.2 Å². The molecule has 1 heterocycles. The third kappa shape index (κ3) is 4.68. The molecular formula is C15H21F3N2O2S. The molecule has 23 heavy (non-hydrogen) atoms. The summed E-state index contributed by atoms with van der Waals surface area (Å²) in [6.45, 7) is 1.43. The van der Waals surface area contributed by atoms with Gasteiger partial charge in [0.2, 0.25) is 10.0 Å². The van der Waals surface area contributed by atoms with Gasteiger partial charge in [0, 0.05) is 13.1 Å².